The summed E-state index contributed by atoms with van der Waals surface area (Å²) in [5.74, 6) is 0.612. The number of thioether (sulfide) groups is 1. The quantitative estimate of drug-likeness (QED) is 0.770. The zero-order valence-electron chi connectivity index (χ0n) is 7.46. The summed E-state index contributed by atoms with van der Waals surface area (Å²) in [5, 5.41) is 11.8. The SMILES string of the molecule is N#CCC1CSc2cc(F)ccc2N1. The number of benzene rings is 1. The Bertz CT molecular complexity index is 386. The van der Waals surface area contributed by atoms with Gasteiger partial charge in [-0.15, -0.1) is 11.8 Å². The third-order valence-electron chi connectivity index (χ3n) is 2.08. The fraction of sp³-hybridized carbons (Fsp3) is 0.300. The standard InChI is InChI=1S/C10H9FN2S/c11-7-1-2-9-10(5-7)14-6-8(13-9)3-4-12/h1-2,5,8,13H,3,6H2. The van der Waals surface area contributed by atoms with E-state index in [-0.39, 0.29) is 11.9 Å². The summed E-state index contributed by atoms with van der Waals surface area (Å²) in [7, 11) is 0. The Morgan fingerprint density at radius 2 is 2.50 bits per heavy atom. The molecule has 2 rings (SSSR count). The Hall–Kier alpha value is -1.21. The van der Waals surface area contributed by atoms with E-state index in [4.69, 9.17) is 5.26 Å². The second kappa shape index (κ2) is 3.89. The predicted molar refractivity (Wildman–Crippen MR) is 54.8 cm³/mol. The van der Waals surface area contributed by atoms with Crippen LogP contribution in [0, 0.1) is 17.1 Å². The molecule has 1 heterocycles. The molecule has 2 nitrogen and oxygen atoms in total. The Kier molecular flexibility index (Phi) is 2.60. The minimum atomic E-state index is -0.211. The molecule has 0 fully saturated rings. The number of halogens is 1. The van der Waals surface area contributed by atoms with Crippen molar-refractivity contribution in [1.29, 1.82) is 5.26 Å². The zero-order valence-corrected chi connectivity index (χ0v) is 8.27. The maximum atomic E-state index is 12.8. The average Bonchev–Trinajstić information content (AvgIpc) is 2.19. The van der Waals surface area contributed by atoms with Crippen LogP contribution in [0.4, 0.5) is 10.1 Å². The lowest BCUT2D eigenvalue weighted by atomic mass is 10.2. The lowest BCUT2D eigenvalue weighted by molar-refractivity contribution is 0.623. The van der Waals surface area contributed by atoms with Crippen LogP contribution in [0.5, 0.6) is 0 Å². The van der Waals surface area contributed by atoms with Gasteiger partial charge in [-0.3, -0.25) is 0 Å². The van der Waals surface area contributed by atoms with Gasteiger partial charge in [0.15, 0.2) is 0 Å². The van der Waals surface area contributed by atoms with Gasteiger partial charge in [0.05, 0.1) is 12.5 Å². The van der Waals surface area contributed by atoms with Crippen LogP contribution in [-0.4, -0.2) is 11.8 Å². The van der Waals surface area contributed by atoms with Gasteiger partial charge in [-0.05, 0) is 18.2 Å². The van der Waals surface area contributed by atoms with Gasteiger partial charge in [-0.2, -0.15) is 5.26 Å². The maximum Gasteiger partial charge on any atom is 0.124 e. The average molecular weight is 208 g/mol. The van der Waals surface area contributed by atoms with Gasteiger partial charge in [0, 0.05) is 22.4 Å². The van der Waals surface area contributed by atoms with Crippen molar-refractivity contribution in [1.82, 2.24) is 0 Å². The molecule has 1 atom stereocenters. The molecular weight excluding hydrogens is 199 g/mol. The van der Waals surface area contributed by atoms with Crippen LogP contribution in [0.15, 0.2) is 23.1 Å². The first kappa shape index (κ1) is 9.35. The minimum Gasteiger partial charge on any atom is -0.380 e. The monoisotopic (exact) mass is 208 g/mol. The molecule has 1 aliphatic heterocycles. The predicted octanol–water partition coefficient (Wildman–Crippen LogP) is 2.63. The van der Waals surface area contributed by atoms with Crippen LogP contribution in [0.25, 0.3) is 0 Å². The van der Waals surface area contributed by atoms with Gasteiger partial charge in [0.25, 0.3) is 0 Å². The van der Waals surface area contributed by atoms with Crippen LogP contribution >= 0.6 is 11.8 Å². The Morgan fingerprint density at radius 3 is 3.29 bits per heavy atom. The molecule has 0 aromatic heterocycles. The summed E-state index contributed by atoms with van der Waals surface area (Å²) >= 11 is 1.60. The summed E-state index contributed by atoms with van der Waals surface area (Å²) in [5.41, 5.74) is 0.933. The highest BCUT2D eigenvalue weighted by molar-refractivity contribution is 7.99. The fourth-order valence-electron chi connectivity index (χ4n) is 1.41. The number of anilines is 1. The molecule has 14 heavy (non-hydrogen) atoms. The molecule has 0 amide bonds. The van der Waals surface area contributed by atoms with E-state index in [2.05, 4.69) is 11.4 Å². The van der Waals surface area contributed by atoms with Crippen LogP contribution < -0.4 is 5.32 Å². The number of hydrogen-bond acceptors (Lipinski definition) is 3. The molecule has 0 radical (unpaired) electrons. The highest BCUT2D eigenvalue weighted by Gasteiger charge is 2.17. The van der Waals surface area contributed by atoms with E-state index in [0.717, 1.165) is 16.3 Å². The molecule has 0 saturated carbocycles. The van der Waals surface area contributed by atoms with E-state index in [9.17, 15) is 4.39 Å². The molecule has 1 unspecified atom stereocenters. The Morgan fingerprint density at radius 1 is 1.64 bits per heavy atom. The second-order valence-corrected chi connectivity index (χ2v) is 4.22. The first-order valence-corrected chi connectivity index (χ1v) is 5.34. The third-order valence-corrected chi connectivity index (χ3v) is 3.30. The van der Waals surface area contributed by atoms with Gasteiger partial charge in [-0.1, -0.05) is 0 Å². The lowest BCUT2D eigenvalue weighted by Gasteiger charge is -2.24. The zero-order chi connectivity index (χ0) is 9.97. The summed E-state index contributed by atoms with van der Waals surface area (Å²) in [6.45, 7) is 0. The van der Waals surface area contributed by atoms with Gasteiger partial charge in [-0.25, -0.2) is 4.39 Å². The molecule has 1 aromatic carbocycles. The largest absolute Gasteiger partial charge is 0.380 e. The first-order valence-electron chi connectivity index (χ1n) is 4.35. The van der Waals surface area contributed by atoms with Crippen molar-refractivity contribution >= 4 is 17.4 Å². The molecule has 4 heteroatoms. The molecule has 72 valence electrons. The summed E-state index contributed by atoms with van der Waals surface area (Å²) in [4.78, 5) is 0.930. The van der Waals surface area contributed by atoms with Crippen molar-refractivity contribution in [3.8, 4) is 6.07 Å². The fourth-order valence-corrected chi connectivity index (χ4v) is 2.47. The van der Waals surface area contributed by atoms with Crippen molar-refractivity contribution in [3.05, 3.63) is 24.0 Å². The van der Waals surface area contributed by atoms with Crippen LogP contribution in [-0.2, 0) is 0 Å². The van der Waals surface area contributed by atoms with Crippen LogP contribution in [0.3, 0.4) is 0 Å². The van der Waals surface area contributed by atoms with Crippen molar-refractivity contribution in [2.75, 3.05) is 11.1 Å². The normalized spacial score (nSPS) is 19.3. The first-order chi connectivity index (χ1) is 6.79. The van der Waals surface area contributed by atoms with E-state index in [0.29, 0.717) is 6.42 Å². The van der Waals surface area contributed by atoms with Crippen molar-refractivity contribution in [2.45, 2.75) is 17.4 Å². The van der Waals surface area contributed by atoms with Crippen LogP contribution in [0.2, 0.25) is 0 Å². The molecular formula is C10H9FN2S. The molecule has 1 aliphatic rings. The van der Waals surface area contributed by atoms with E-state index in [1.807, 2.05) is 0 Å². The topological polar surface area (TPSA) is 35.8 Å². The number of nitrogens with one attached hydrogen (secondary N) is 1. The highest BCUT2D eigenvalue weighted by atomic mass is 32.2. The van der Waals surface area contributed by atoms with Crippen molar-refractivity contribution in [3.63, 3.8) is 0 Å². The third kappa shape index (κ3) is 1.83. The molecule has 1 aromatic rings. The molecule has 1 N–H and O–H groups in total. The lowest BCUT2D eigenvalue weighted by Crippen LogP contribution is -2.25. The summed E-state index contributed by atoms with van der Waals surface area (Å²) in [6, 6.07) is 6.99. The van der Waals surface area contributed by atoms with Gasteiger partial charge in [0.2, 0.25) is 0 Å². The number of hydrogen-bond donors (Lipinski definition) is 1. The van der Waals surface area contributed by atoms with E-state index < -0.39 is 0 Å². The number of nitrogens with zero attached hydrogens (tertiary/aromatic N) is 1. The van der Waals surface area contributed by atoms with E-state index >= 15 is 0 Å². The number of rotatable bonds is 1. The van der Waals surface area contributed by atoms with Crippen LogP contribution in [0.1, 0.15) is 6.42 Å². The highest BCUT2D eigenvalue weighted by Crippen LogP contribution is 2.34. The number of nitriles is 1. The maximum absolute atomic E-state index is 12.8. The molecule has 0 aliphatic carbocycles. The van der Waals surface area contributed by atoms with Gasteiger partial charge in [0.1, 0.15) is 5.82 Å². The van der Waals surface area contributed by atoms with Crippen molar-refractivity contribution < 1.29 is 4.39 Å². The summed E-state index contributed by atoms with van der Waals surface area (Å²) in [6.07, 6.45) is 0.490. The van der Waals surface area contributed by atoms with Gasteiger partial charge >= 0.3 is 0 Å². The Balaban J connectivity index is 2.20. The smallest absolute Gasteiger partial charge is 0.124 e. The molecule has 0 bridgehead atoms. The minimum absolute atomic E-state index is 0.183. The molecule has 0 saturated heterocycles. The van der Waals surface area contributed by atoms with Gasteiger partial charge < -0.3 is 5.32 Å². The molecule has 0 spiro atoms. The summed E-state index contributed by atoms with van der Waals surface area (Å²) < 4.78 is 12.8. The van der Waals surface area contributed by atoms with E-state index in [1.54, 1.807) is 17.8 Å². The number of fused-ring (bicyclic) bond motifs is 1. The Labute approximate surface area is 86.1 Å². The second-order valence-electron chi connectivity index (χ2n) is 3.15. The van der Waals surface area contributed by atoms with Crippen molar-refractivity contribution in [2.24, 2.45) is 0 Å². The van der Waals surface area contributed by atoms with E-state index in [1.165, 1.54) is 12.1 Å².